The van der Waals surface area contributed by atoms with E-state index in [0.29, 0.717) is 31.3 Å². The molecule has 0 amide bonds. The number of cyclic esters (lactones) is 1. The van der Waals surface area contributed by atoms with Gasteiger partial charge in [-0.1, -0.05) is 116 Å². The summed E-state index contributed by atoms with van der Waals surface area (Å²) in [6.45, 7) is 4.10. The Morgan fingerprint density at radius 3 is 1.66 bits per heavy atom. The summed E-state index contributed by atoms with van der Waals surface area (Å²) >= 11 is 0. The first kappa shape index (κ1) is 39.2. The first-order valence-electron chi connectivity index (χ1n) is 18.6. The molecule has 2 rings (SSSR count). The van der Waals surface area contributed by atoms with Crippen LogP contribution in [0.4, 0.5) is 0 Å². The average Bonchev–Trinajstić information content (AvgIpc) is 3.62. The van der Waals surface area contributed by atoms with Crippen LogP contribution in [0.25, 0.3) is 0 Å². The molecule has 0 aromatic rings. The molecule has 0 aliphatic carbocycles. The minimum Gasteiger partial charge on any atom is -0.455 e. The highest BCUT2D eigenvalue weighted by molar-refractivity contribution is 5.90. The topological polar surface area (TPSA) is 116 Å². The van der Waals surface area contributed by atoms with Gasteiger partial charge in [0.2, 0.25) is 0 Å². The first-order chi connectivity index (χ1) is 21.3. The molecule has 7 nitrogen and oxygen atoms in total. The Hall–Kier alpha value is -0.990. The van der Waals surface area contributed by atoms with Crippen molar-refractivity contribution in [3.05, 3.63) is 11.6 Å². The fourth-order valence-electron chi connectivity index (χ4n) is 6.76. The summed E-state index contributed by atoms with van der Waals surface area (Å²) in [6, 6.07) is 0. The zero-order valence-corrected chi connectivity index (χ0v) is 28.3. The third kappa shape index (κ3) is 17.6. The molecule has 0 saturated carbocycles. The van der Waals surface area contributed by atoms with Gasteiger partial charge in [-0.25, -0.2) is 4.79 Å². The number of hydrogen-bond acceptors (Lipinski definition) is 7. The minimum atomic E-state index is -0.679. The molecule has 7 heteroatoms. The summed E-state index contributed by atoms with van der Waals surface area (Å²) in [7, 11) is 0. The maximum absolute atomic E-state index is 11.6. The zero-order valence-electron chi connectivity index (χ0n) is 28.3. The summed E-state index contributed by atoms with van der Waals surface area (Å²) in [6.07, 6.45) is 24.9. The second-order valence-electron chi connectivity index (χ2n) is 13.8. The van der Waals surface area contributed by atoms with Crippen molar-refractivity contribution in [3.8, 4) is 0 Å². The van der Waals surface area contributed by atoms with Gasteiger partial charge in [-0.3, -0.25) is 0 Å². The summed E-state index contributed by atoms with van der Waals surface area (Å²) in [5.41, 5.74) is 0.696. The second-order valence-corrected chi connectivity index (χ2v) is 13.8. The van der Waals surface area contributed by atoms with E-state index in [9.17, 15) is 25.2 Å². The zero-order chi connectivity index (χ0) is 32.0. The third-order valence-corrected chi connectivity index (χ3v) is 9.62. The fourth-order valence-corrected chi connectivity index (χ4v) is 6.76. The smallest absolute Gasteiger partial charge is 0.334 e. The van der Waals surface area contributed by atoms with E-state index in [1.807, 2.05) is 13.0 Å². The first-order valence-corrected chi connectivity index (χ1v) is 18.6. The van der Waals surface area contributed by atoms with Crippen molar-refractivity contribution in [3.63, 3.8) is 0 Å². The van der Waals surface area contributed by atoms with Gasteiger partial charge in [-0.2, -0.15) is 0 Å². The predicted octanol–water partition coefficient (Wildman–Crippen LogP) is 7.84. The molecule has 0 aromatic carbocycles. The van der Waals surface area contributed by atoms with Gasteiger partial charge in [0, 0.05) is 12.0 Å². The van der Waals surface area contributed by atoms with Crippen molar-refractivity contribution >= 4 is 5.97 Å². The molecule has 2 aliphatic rings. The lowest BCUT2D eigenvalue weighted by molar-refractivity contribution is -0.139. The number of unbranched alkanes of at least 4 members (excludes halogenated alkanes) is 15. The molecule has 4 N–H and O–H groups in total. The van der Waals surface area contributed by atoms with Crippen molar-refractivity contribution in [2.24, 2.45) is 0 Å². The number of carbonyl (C=O) groups excluding carboxylic acids is 1. The van der Waals surface area contributed by atoms with Gasteiger partial charge in [-0.15, -0.1) is 0 Å². The Morgan fingerprint density at radius 1 is 0.659 bits per heavy atom. The van der Waals surface area contributed by atoms with Crippen LogP contribution in [0, 0.1) is 0 Å². The lowest BCUT2D eigenvalue weighted by Gasteiger charge is -2.23. The highest BCUT2D eigenvalue weighted by Gasteiger charge is 2.35. The van der Waals surface area contributed by atoms with E-state index in [1.54, 1.807) is 0 Å². The quantitative estimate of drug-likeness (QED) is 0.0518. The molecule has 1 unspecified atom stereocenters. The summed E-state index contributed by atoms with van der Waals surface area (Å²) in [4.78, 5) is 11.6. The molecule has 2 aliphatic heterocycles. The summed E-state index contributed by atoms with van der Waals surface area (Å²) < 4.78 is 11.1. The van der Waals surface area contributed by atoms with Crippen LogP contribution in [0.5, 0.6) is 0 Å². The lowest BCUT2D eigenvalue weighted by atomic mass is 9.98. The van der Waals surface area contributed by atoms with Gasteiger partial charge >= 0.3 is 5.97 Å². The van der Waals surface area contributed by atoms with E-state index in [2.05, 4.69) is 6.92 Å². The van der Waals surface area contributed by atoms with E-state index >= 15 is 0 Å². The average molecular weight is 625 g/mol. The Balaban J connectivity index is 1.39. The van der Waals surface area contributed by atoms with Crippen LogP contribution < -0.4 is 0 Å². The van der Waals surface area contributed by atoms with Crippen LogP contribution in [-0.4, -0.2) is 69.1 Å². The molecule has 0 aromatic heterocycles. The number of ether oxygens (including phenoxy) is 2. The molecule has 7 atom stereocenters. The molecule has 0 radical (unpaired) electrons. The number of hydrogen-bond donors (Lipinski definition) is 4. The van der Waals surface area contributed by atoms with Crippen molar-refractivity contribution in [1.82, 2.24) is 0 Å². The van der Waals surface area contributed by atoms with Crippen molar-refractivity contribution < 1.29 is 34.7 Å². The van der Waals surface area contributed by atoms with Gasteiger partial charge < -0.3 is 29.9 Å². The van der Waals surface area contributed by atoms with Crippen molar-refractivity contribution in [2.75, 3.05) is 0 Å². The van der Waals surface area contributed by atoms with Crippen molar-refractivity contribution in [2.45, 2.75) is 217 Å². The summed E-state index contributed by atoms with van der Waals surface area (Å²) in [5.74, 6) is -0.240. The van der Waals surface area contributed by atoms with Gasteiger partial charge in [0.05, 0.1) is 36.6 Å². The molecule has 1 fully saturated rings. The normalized spacial score (nSPS) is 23.0. The van der Waals surface area contributed by atoms with Crippen LogP contribution in [-0.2, 0) is 14.3 Å². The Bertz CT molecular complexity index is 756. The third-order valence-electron chi connectivity index (χ3n) is 9.62. The van der Waals surface area contributed by atoms with Crippen LogP contribution in [0.15, 0.2) is 11.6 Å². The van der Waals surface area contributed by atoms with Gasteiger partial charge in [0.1, 0.15) is 6.10 Å². The van der Waals surface area contributed by atoms with E-state index in [0.717, 1.165) is 77.0 Å². The number of aliphatic hydroxyl groups is 4. The van der Waals surface area contributed by atoms with E-state index in [1.165, 1.54) is 57.8 Å². The number of carbonyl (C=O) groups is 1. The van der Waals surface area contributed by atoms with Crippen LogP contribution in [0.3, 0.4) is 0 Å². The molecular formula is C37H68O7. The number of esters is 1. The SMILES string of the molecule is CCCCCCCCCCCC[C@H](O)[C@H]1CC[C@H]([C@H](O)C[C@@H](O)CCCCCCCCCC(O)CCC2=C[C@H](C)OC2=O)O1. The van der Waals surface area contributed by atoms with Gasteiger partial charge in [0.15, 0.2) is 0 Å². The number of aliphatic hydroxyl groups excluding tert-OH is 4. The van der Waals surface area contributed by atoms with Gasteiger partial charge in [0.25, 0.3) is 0 Å². The van der Waals surface area contributed by atoms with Crippen LogP contribution in [0.1, 0.15) is 174 Å². The van der Waals surface area contributed by atoms with E-state index < -0.39 is 18.3 Å². The lowest BCUT2D eigenvalue weighted by Crippen LogP contribution is -2.33. The maximum atomic E-state index is 11.6. The standard InChI is InChI=1S/C37H68O7/c1-3-4-5-6-7-8-9-13-16-19-22-33(40)35-25-26-36(44-35)34(41)28-32(39)21-18-15-12-10-11-14-17-20-31(38)24-23-30-27-29(2)43-37(30)42/h27,29,31-36,38-41H,3-26,28H2,1-2H3/t29-,31?,32-,33-,34+,35+,36+/m0/s1. The Labute approximate surface area is 269 Å². The molecule has 0 spiro atoms. The molecular weight excluding hydrogens is 556 g/mol. The van der Waals surface area contributed by atoms with E-state index in [-0.39, 0.29) is 30.4 Å². The second kappa shape index (κ2) is 24.2. The van der Waals surface area contributed by atoms with Crippen LogP contribution in [0.2, 0.25) is 0 Å². The molecule has 2 heterocycles. The largest absolute Gasteiger partial charge is 0.455 e. The fraction of sp³-hybridized carbons (Fsp3) is 0.919. The van der Waals surface area contributed by atoms with Crippen molar-refractivity contribution in [1.29, 1.82) is 0 Å². The summed E-state index contributed by atoms with van der Waals surface area (Å²) in [5, 5.41) is 41.9. The Morgan fingerprint density at radius 2 is 1.14 bits per heavy atom. The highest BCUT2D eigenvalue weighted by atomic mass is 16.5. The van der Waals surface area contributed by atoms with Gasteiger partial charge in [-0.05, 0) is 57.9 Å². The molecule has 44 heavy (non-hydrogen) atoms. The highest BCUT2D eigenvalue weighted by Crippen LogP contribution is 2.29. The van der Waals surface area contributed by atoms with Crippen LogP contribution >= 0.6 is 0 Å². The minimum absolute atomic E-state index is 0.145. The van der Waals surface area contributed by atoms with E-state index in [4.69, 9.17) is 9.47 Å². The predicted molar refractivity (Wildman–Crippen MR) is 177 cm³/mol. The molecule has 1 saturated heterocycles. The monoisotopic (exact) mass is 624 g/mol. The maximum Gasteiger partial charge on any atom is 0.334 e. The Kier molecular flexibility index (Phi) is 21.6. The molecule has 258 valence electrons. The number of rotatable bonds is 28. The molecule has 0 bridgehead atoms.